The number of Topliss-reactive ketones (excluding diaryl/α,β-unsaturated/α-hetero) is 1. The summed E-state index contributed by atoms with van der Waals surface area (Å²) < 4.78 is 6.11. The van der Waals surface area contributed by atoms with Gasteiger partial charge < -0.3 is 4.74 Å². The highest BCUT2D eigenvalue weighted by Crippen LogP contribution is 2.26. The van der Waals surface area contributed by atoms with Crippen LogP contribution in [0.2, 0.25) is 0 Å². The predicted octanol–water partition coefficient (Wildman–Crippen LogP) is 2.76. The molecule has 1 aromatic carbocycles. The third-order valence-electron chi connectivity index (χ3n) is 1.87. The van der Waals surface area contributed by atoms with Crippen LogP contribution < -0.4 is 4.74 Å². The molecule has 0 fully saturated rings. The molecule has 78 valence electrons. The third-order valence-corrected chi connectivity index (χ3v) is 2.98. The van der Waals surface area contributed by atoms with Crippen LogP contribution >= 0.6 is 22.6 Å². The van der Waals surface area contributed by atoms with Crippen molar-refractivity contribution in [2.75, 3.05) is 6.61 Å². The van der Waals surface area contributed by atoms with Crippen molar-refractivity contribution >= 4 is 28.4 Å². The molecule has 1 rings (SSSR count). The fourth-order valence-electron chi connectivity index (χ4n) is 1.14. The number of halogens is 1. The van der Waals surface area contributed by atoms with Gasteiger partial charge in [-0.2, -0.15) is 5.26 Å². The maximum atomic E-state index is 11.2. The highest BCUT2D eigenvalue weighted by molar-refractivity contribution is 14.1. The molecule has 1 aromatic rings. The molecule has 15 heavy (non-hydrogen) atoms. The van der Waals surface area contributed by atoms with E-state index in [9.17, 15) is 4.79 Å². The van der Waals surface area contributed by atoms with Gasteiger partial charge >= 0.3 is 0 Å². The number of carbonyl (C=O) groups excluding carboxylic acids is 1. The minimum atomic E-state index is -0.0659. The number of rotatable bonds is 3. The third kappa shape index (κ3) is 2.69. The van der Waals surface area contributed by atoms with Crippen LogP contribution in [0, 0.1) is 14.9 Å². The Balaban J connectivity index is 3.33. The normalized spacial score (nSPS) is 9.47. The maximum Gasteiger partial charge on any atom is 0.159 e. The lowest BCUT2D eigenvalue weighted by atomic mass is 10.1. The average Bonchev–Trinajstić information content (AvgIpc) is 2.21. The number of ether oxygens (including phenoxy) is 1. The van der Waals surface area contributed by atoms with Gasteiger partial charge in [0.15, 0.2) is 5.78 Å². The van der Waals surface area contributed by atoms with E-state index in [1.165, 1.54) is 6.92 Å². The van der Waals surface area contributed by atoms with Crippen LogP contribution in [0.3, 0.4) is 0 Å². The Hall–Kier alpha value is -1.09. The SMILES string of the molecule is CCOc1cc(C(C)=O)cc(C#N)c1I. The lowest BCUT2D eigenvalue weighted by Crippen LogP contribution is -2.00. The molecule has 0 spiro atoms. The molecule has 0 N–H and O–H groups in total. The number of benzene rings is 1. The highest BCUT2D eigenvalue weighted by Gasteiger charge is 2.11. The molecule has 0 heterocycles. The fraction of sp³-hybridized carbons (Fsp3) is 0.273. The van der Waals surface area contributed by atoms with Crippen molar-refractivity contribution < 1.29 is 9.53 Å². The molecule has 0 radical (unpaired) electrons. The van der Waals surface area contributed by atoms with Gasteiger partial charge in [-0.15, -0.1) is 0 Å². The molecular weight excluding hydrogens is 305 g/mol. The van der Waals surface area contributed by atoms with Gasteiger partial charge in [-0.3, -0.25) is 4.79 Å². The summed E-state index contributed by atoms with van der Waals surface area (Å²) in [5.41, 5.74) is 0.988. The monoisotopic (exact) mass is 315 g/mol. The second-order valence-corrected chi connectivity index (χ2v) is 4.02. The zero-order chi connectivity index (χ0) is 11.4. The summed E-state index contributed by atoms with van der Waals surface area (Å²) in [5.74, 6) is 0.534. The molecule has 0 amide bonds. The van der Waals surface area contributed by atoms with E-state index in [1.54, 1.807) is 12.1 Å². The van der Waals surface area contributed by atoms with Crippen LogP contribution in [0.15, 0.2) is 12.1 Å². The maximum absolute atomic E-state index is 11.2. The van der Waals surface area contributed by atoms with E-state index >= 15 is 0 Å². The molecule has 0 aliphatic carbocycles. The van der Waals surface area contributed by atoms with Crippen LogP contribution in [-0.2, 0) is 0 Å². The Labute approximate surface area is 102 Å². The van der Waals surface area contributed by atoms with Crippen LogP contribution in [0.25, 0.3) is 0 Å². The van der Waals surface area contributed by atoms with E-state index in [1.807, 2.05) is 35.6 Å². The lowest BCUT2D eigenvalue weighted by Gasteiger charge is -2.08. The molecule has 0 atom stereocenters. The summed E-state index contributed by atoms with van der Waals surface area (Å²) in [6, 6.07) is 5.31. The van der Waals surface area contributed by atoms with Gasteiger partial charge in [-0.25, -0.2) is 0 Å². The van der Waals surface area contributed by atoms with E-state index in [-0.39, 0.29) is 5.78 Å². The van der Waals surface area contributed by atoms with Gasteiger partial charge in [0.25, 0.3) is 0 Å². The number of nitrogens with zero attached hydrogens (tertiary/aromatic N) is 1. The molecule has 4 heteroatoms. The number of carbonyl (C=O) groups is 1. The van der Waals surface area contributed by atoms with E-state index in [4.69, 9.17) is 10.00 Å². The molecule has 3 nitrogen and oxygen atoms in total. The molecule has 0 saturated heterocycles. The minimum absolute atomic E-state index is 0.0659. The van der Waals surface area contributed by atoms with Gasteiger partial charge in [0.1, 0.15) is 11.8 Å². The number of hydrogen-bond donors (Lipinski definition) is 0. The second-order valence-electron chi connectivity index (χ2n) is 2.94. The van der Waals surface area contributed by atoms with Gasteiger partial charge in [0, 0.05) is 5.56 Å². The molecule has 0 unspecified atom stereocenters. The summed E-state index contributed by atoms with van der Waals surface area (Å²) in [4.78, 5) is 11.2. The number of ketones is 1. The Kier molecular flexibility index (Phi) is 4.09. The molecule has 0 saturated carbocycles. The quantitative estimate of drug-likeness (QED) is 0.636. The smallest absolute Gasteiger partial charge is 0.159 e. The standard InChI is InChI=1S/C11H10INO2/c1-3-15-10-5-8(7(2)14)4-9(6-13)11(10)12/h4-5H,3H2,1-2H3. The average molecular weight is 315 g/mol. The van der Waals surface area contributed by atoms with Crippen molar-refractivity contribution in [3.63, 3.8) is 0 Å². The van der Waals surface area contributed by atoms with Crippen LogP contribution in [-0.4, -0.2) is 12.4 Å². The number of hydrogen-bond acceptors (Lipinski definition) is 3. The highest BCUT2D eigenvalue weighted by atomic mass is 127. The molecular formula is C11H10INO2. The van der Waals surface area contributed by atoms with Gasteiger partial charge in [0.2, 0.25) is 0 Å². The Morgan fingerprint density at radius 3 is 2.73 bits per heavy atom. The topological polar surface area (TPSA) is 50.1 Å². The van der Waals surface area contributed by atoms with Crippen LogP contribution in [0.5, 0.6) is 5.75 Å². The molecule has 0 aromatic heterocycles. The van der Waals surface area contributed by atoms with Crippen molar-refractivity contribution in [1.29, 1.82) is 5.26 Å². The largest absolute Gasteiger partial charge is 0.493 e. The zero-order valence-corrected chi connectivity index (χ0v) is 10.7. The van der Waals surface area contributed by atoms with E-state index in [0.717, 1.165) is 3.57 Å². The van der Waals surface area contributed by atoms with Crippen molar-refractivity contribution in [3.05, 3.63) is 26.8 Å². The lowest BCUT2D eigenvalue weighted by molar-refractivity contribution is 0.101. The van der Waals surface area contributed by atoms with Gasteiger partial charge in [-0.05, 0) is 48.6 Å². The summed E-state index contributed by atoms with van der Waals surface area (Å²) in [6.45, 7) is 3.85. The van der Waals surface area contributed by atoms with Crippen LogP contribution in [0.4, 0.5) is 0 Å². The first-order chi connectivity index (χ1) is 7.10. The van der Waals surface area contributed by atoms with Gasteiger partial charge in [0.05, 0.1) is 15.7 Å². The number of nitriles is 1. The second kappa shape index (κ2) is 5.12. The van der Waals surface area contributed by atoms with Crippen molar-refractivity contribution in [2.24, 2.45) is 0 Å². The van der Waals surface area contributed by atoms with Crippen molar-refractivity contribution in [2.45, 2.75) is 13.8 Å². The zero-order valence-electron chi connectivity index (χ0n) is 8.50. The fourth-order valence-corrected chi connectivity index (χ4v) is 1.73. The summed E-state index contributed by atoms with van der Waals surface area (Å²) in [7, 11) is 0. The van der Waals surface area contributed by atoms with Crippen LogP contribution in [0.1, 0.15) is 29.8 Å². The first-order valence-electron chi connectivity index (χ1n) is 4.47. The summed E-state index contributed by atoms with van der Waals surface area (Å²) >= 11 is 2.05. The van der Waals surface area contributed by atoms with E-state index in [0.29, 0.717) is 23.5 Å². The van der Waals surface area contributed by atoms with Crippen molar-refractivity contribution in [1.82, 2.24) is 0 Å². The Morgan fingerprint density at radius 2 is 2.27 bits per heavy atom. The first kappa shape index (κ1) is 12.0. The van der Waals surface area contributed by atoms with E-state index < -0.39 is 0 Å². The predicted molar refractivity (Wildman–Crippen MR) is 65.0 cm³/mol. The Bertz CT molecular complexity index is 435. The Morgan fingerprint density at radius 1 is 1.60 bits per heavy atom. The first-order valence-corrected chi connectivity index (χ1v) is 5.55. The summed E-state index contributed by atoms with van der Waals surface area (Å²) in [5, 5.41) is 8.90. The van der Waals surface area contributed by atoms with E-state index in [2.05, 4.69) is 0 Å². The van der Waals surface area contributed by atoms with Gasteiger partial charge in [-0.1, -0.05) is 0 Å². The molecule has 0 aliphatic rings. The van der Waals surface area contributed by atoms with Crippen molar-refractivity contribution in [3.8, 4) is 11.8 Å². The minimum Gasteiger partial charge on any atom is -0.493 e. The molecule has 0 aliphatic heterocycles. The summed E-state index contributed by atoms with van der Waals surface area (Å²) in [6.07, 6.45) is 0. The molecule has 0 bridgehead atoms.